The number of carboxylic acids is 3. The molecule has 0 rings (SSSR count). The molecule has 0 saturated heterocycles. The molecule has 0 fully saturated rings. The second-order valence-electron chi connectivity index (χ2n) is 13.6. The van der Waals surface area contributed by atoms with Crippen LogP contribution in [0.5, 0.6) is 0 Å². The number of hydrogen-bond donors (Lipinski definition) is 13. The van der Waals surface area contributed by atoms with Crippen molar-refractivity contribution in [1.82, 2.24) is 31.9 Å². The van der Waals surface area contributed by atoms with Crippen molar-refractivity contribution >= 4 is 61.2 Å². The Morgan fingerprint density at radius 2 is 1.00 bits per heavy atom. The van der Waals surface area contributed by atoms with Crippen LogP contribution in [0.1, 0.15) is 67.7 Å². The molecule has 56 heavy (non-hydrogen) atoms. The highest BCUT2D eigenvalue weighted by Crippen LogP contribution is 2.35. The van der Waals surface area contributed by atoms with Crippen LogP contribution in [0.3, 0.4) is 0 Å². The Morgan fingerprint density at radius 3 is 1.43 bits per heavy atom. The Bertz CT molecular complexity index is 1490. The quantitative estimate of drug-likeness (QED) is 0.0391. The van der Waals surface area contributed by atoms with Gasteiger partial charge in [-0.1, -0.05) is 48.0 Å². The molecule has 0 bridgehead atoms. The van der Waals surface area contributed by atoms with Gasteiger partial charge in [-0.25, -0.2) is 9.36 Å². The number of rotatable bonds is 25. The topological polar surface area (TPSA) is 400 Å². The van der Waals surface area contributed by atoms with Crippen LogP contribution >= 0.6 is 7.82 Å². The third-order valence-corrected chi connectivity index (χ3v) is 8.60. The maximum absolute atomic E-state index is 13.6. The van der Waals surface area contributed by atoms with Crippen molar-refractivity contribution < 1.29 is 82.5 Å². The van der Waals surface area contributed by atoms with E-state index < -0.39 is 147 Å². The summed E-state index contributed by atoms with van der Waals surface area (Å²) < 4.78 is 16.0. The van der Waals surface area contributed by atoms with Crippen LogP contribution in [-0.2, 0) is 52.2 Å². The molecule has 0 aromatic heterocycles. The first kappa shape index (κ1) is 51.3. The lowest BCUT2D eigenvalue weighted by Gasteiger charge is -2.30. The molecule has 0 aliphatic heterocycles. The monoisotopic (exact) mass is 827 g/mol. The van der Waals surface area contributed by atoms with E-state index in [4.69, 9.17) is 10.8 Å². The number of aliphatic hydroxyl groups excluding tert-OH is 1. The van der Waals surface area contributed by atoms with Crippen molar-refractivity contribution in [2.24, 2.45) is 23.5 Å². The fourth-order valence-electron chi connectivity index (χ4n) is 4.71. The molecule has 14 N–H and O–H groups in total. The fraction of sp³-hybridized carbons (Fsp3) is 0.710. The molecule has 320 valence electrons. The van der Waals surface area contributed by atoms with Crippen LogP contribution in [0.25, 0.3) is 0 Å². The highest BCUT2D eigenvalue weighted by atomic mass is 31.2. The van der Waals surface area contributed by atoms with Gasteiger partial charge in [-0.2, -0.15) is 0 Å². The predicted octanol–water partition coefficient (Wildman–Crippen LogP) is -3.90. The molecule has 0 aliphatic rings. The van der Waals surface area contributed by atoms with E-state index in [0.29, 0.717) is 0 Å². The van der Waals surface area contributed by atoms with Gasteiger partial charge in [0, 0.05) is 0 Å². The molecule has 0 aliphatic carbocycles. The molecule has 0 saturated carbocycles. The van der Waals surface area contributed by atoms with Crippen molar-refractivity contribution in [2.45, 2.75) is 116 Å². The number of amides is 6. The third-order valence-electron chi connectivity index (χ3n) is 8.12. The lowest BCUT2D eigenvalue weighted by atomic mass is 9.97. The van der Waals surface area contributed by atoms with Gasteiger partial charge in [0.15, 0.2) is 0 Å². The van der Waals surface area contributed by atoms with Gasteiger partial charge in [-0.05, 0) is 24.7 Å². The van der Waals surface area contributed by atoms with Crippen molar-refractivity contribution in [3.8, 4) is 0 Å². The van der Waals surface area contributed by atoms with Crippen LogP contribution in [0, 0.1) is 17.8 Å². The minimum atomic E-state index is -5.33. The Labute approximate surface area is 321 Å². The summed E-state index contributed by atoms with van der Waals surface area (Å²) in [6, 6.07) is -11.9. The van der Waals surface area contributed by atoms with Crippen molar-refractivity contribution in [3.63, 3.8) is 0 Å². The number of nitrogens with one attached hydrogen (secondary N) is 6. The van der Waals surface area contributed by atoms with Crippen LogP contribution in [0.4, 0.5) is 0 Å². The summed E-state index contributed by atoms with van der Waals surface area (Å²) in [4.78, 5) is 132. The minimum Gasteiger partial charge on any atom is -0.481 e. The van der Waals surface area contributed by atoms with Crippen molar-refractivity contribution in [1.29, 1.82) is 0 Å². The van der Waals surface area contributed by atoms with Crippen LogP contribution in [-0.4, -0.2) is 139 Å². The van der Waals surface area contributed by atoms with Crippen LogP contribution < -0.4 is 37.6 Å². The summed E-state index contributed by atoms with van der Waals surface area (Å²) in [5.74, 6) is -13.6. The molecule has 24 nitrogen and oxygen atoms in total. The molecule has 9 atom stereocenters. The first-order valence-electron chi connectivity index (χ1n) is 17.3. The zero-order chi connectivity index (χ0) is 43.8. The smallest absolute Gasteiger partial charge is 0.469 e. The van der Waals surface area contributed by atoms with E-state index in [0.717, 1.165) is 6.92 Å². The van der Waals surface area contributed by atoms with E-state index >= 15 is 0 Å². The number of carbonyl (C=O) groups excluding carboxylic acids is 6. The van der Waals surface area contributed by atoms with Crippen molar-refractivity contribution in [2.75, 3.05) is 6.61 Å². The average Bonchev–Trinajstić information content (AvgIpc) is 3.06. The SMILES string of the molecule is CC[C@H](C)[C@H](NC(=O)[C@H](CC(=O)O)NC(=O)[C@@H](N)CC(=O)O)C(=O)N[C@@H](COP(=O)(O)O)C(=O)N[C@H](C(=O)N[C@H](C(=O)N[C@H](C(=O)O)C(C)C)C(C)C)[C@@H](C)O. The number of carboxylic acid groups (broad SMARTS) is 3. The first-order valence-corrected chi connectivity index (χ1v) is 18.8. The summed E-state index contributed by atoms with van der Waals surface area (Å²) in [5.41, 5.74) is 5.50. The van der Waals surface area contributed by atoms with Gasteiger partial charge in [-0.15, -0.1) is 0 Å². The standard InChI is InChI=1S/C31H54N7O17P/c1-8-14(6)23(37-26(45)17(10-20(42)43)33-25(44)16(32)9-19(40)41)29(48)34-18(11-55-56(52,53)54)27(46)38-24(15(7)39)30(49)35-21(12(2)3)28(47)36-22(13(4)5)31(50)51/h12-18,21-24,39H,8-11,32H2,1-7H3,(H,33,44)(H,34,48)(H,35,49)(H,36,47)(H,37,45)(H,38,46)(H,40,41)(H,42,43)(H,50,51)(H2,52,53,54)/t14-,15+,16-,17-,18-,21-,22-,23-,24-/m0/s1. The van der Waals surface area contributed by atoms with E-state index in [-0.39, 0.29) is 6.42 Å². The van der Waals surface area contributed by atoms with Gasteiger partial charge in [0.05, 0.1) is 31.6 Å². The molecule has 25 heteroatoms. The van der Waals surface area contributed by atoms with Gasteiger partial charge in [0.1, 0.15) is 36.3 Å². The number of aliphatic carboxylic acids is 3. The molecular formula is C31H54N7O17P. The van der Waals surface area contributed by atoms with E-state index in [2.05, 4.69) is 31.1 Å². The zero-order valence-electron chi connectivity index (χ0n) is 31.9. The molecular weight excluding hydrogens is 773 g/mol. The molecule has 0 aromatic rings. The maximum atomic E-state index is 13.6. The van der Waals surface area contributed by atoms with Gasteiger partial charge >= 0.3 is 25.7 Å². The highest BCUT2D eigenvalue weighted by molar-refractivity contribution is 7.46. The van der Waals surface area contributed by atoms with E-state index in [1.165, 1.54) is 34.6 Å². The van der Waals surface area contributed by atoms with Gasteiger partial charge in [-0.3, -0.25) is 42.9 Å². The van der Waals surface area contributed by atoms with Gasteiger partial charge in [0.25, 0.3) is 0 Å². The number of carbonyl (C=O) groups is 9. The largest absolute Gasteiger partial charge is 0.481 e. The lowest BCUT2D eigenvalue weighted by Crippen LogP contribution is -2.63. The summed E-state index contributed by atoms with van der Waals surface area (Å²) in [6.45, 7) is 8.90. The Balaban J connectivity index is 6.46. The molecule has 6 amide bonds. The maximum Gasteiger partial charge on any atom is 0.469 e. The molecule has 0 heterocycles. The highest BCUT2D eigenvalue weighted by Gasteiger charge is 2.38. The number of phosphoric ester groups is 1. The molecule has 0 unspecified atom stereocenters. The Kier molecular flexibility index (Phi) is 21.4. The number of nitrogens with two attached hydrogens (primary N) is 1. The Hall–Kier alpha value is -4.74. The number of aliphatic hydroxyl groups is 1. The van der Waals surface area contributed by atoms with E-state index in [1.807, 2.05) is 5.32 Å². The summed E-state index contributed by atoms with van der Waals surface area (Å²) in [7, 11) is -5.33. The second-order valence-corrected chi connectivity index (χ2v) is 14.8. The molecule has 0 radical (unpaired) electrons. The fourth-order valence-corrected chi connectivity index (χ4v) is 5.05. The Morgan fingerprint density at radius 1 is 0.589 bits per heavy atom. The normalized spacial score (nSPS) is 16.4. The molecule has 0 spiro atoms. The molecule has 0 aromatic carbocycles. The third kappa shape index (κ3) is 18.3. The minimum absolute atomic E-state index is 0.146. The summed E-state index contributed by atoms with van der Waals surface area (Å²) >= 11 is 0. The number of hydrogen-bond acceptors (Lipinski definition) is 13. The summed E-state index contributed by atoms with van der Waals surface area (Å²) in [5, 5.41) is 51.2. The average molecular weight is 828 g/mol. The van der Waals surface area contributed by atoms with Gasteiger partial charge in [0.2, 0.25) is 35.4 Å². The number of phosphoric acid groups is 1. The summed E-state index contributed by atoms with van der Waals surface area (Å²) in [6.07, 6.45) is -3.49. The van der Waals surface area contributed by atoms with Crippen molar-refractivity contribution in [3.05, 3.63) is 0 Å². The second kappa shape index (κ2) is 23.4. The first-order chi connectivity index (χ1) is 25.6. The van der Waals surface area contributed by atoms with Gasteiger partial charge < -0.3 is 67.8 Å². The van der Waals surface area contributed by atoms with Crippen LogP contribution in [0.2, 0.25) is 0 Å². The van der Waals surface area contributed by atoms with E-state index in [1.54, 1.807) is 6.92 Å². The van der Waals surface area contributed by atoms with E-state index in [9.17, 15) is 72.8 Å². The predicted molar refractivity (Wildman–Crippen MR) is 191 cm³/mol. The zero-order valence-corrected chi connectivity index (χ0v) is 32.8. The van der Waals surface area contributed by atoms with Crippen LogP contribution in [0.15, 0.2) is 0 Å². The lowest BCUT2D eigenvalue weighted by molar-refractivity contribution is -0.144.